The Balaban J connectivity index is 1.32. The molecule has 2 aliphatic heterocycles. The summed E-state index contributed by atoms with van der Waals surface area (Å²) < 4.78 is 19.0. The van der Waals surface area contributed by atoms with Crippen molar-refractivity contribution in [3.63, 3.8) is 0 Å². The van der Waals surface area contributed by atoms with Crippen molar-refractivity contribution in [2.45, 2.75) is 31.9 Å². The zero-order valence-electron chi connectivity index (χ0n) is 23.7. The highest BCUT2D eigenvalue weighted by Crippen LogP contribution is 2.34. The number of methoxy groups -OCH3 is 2. The van der Waals surface area contributed by atoms with Crippen LogP contribution in [0.3, 0.4) is 0 Å². The van der Waals surface area contributed by atoms with Gasteiger partial charge in [-0.2, -0.15) is 5.10 Å². The van der Waals surface area contributed by atoms with Gasteiger partial charge in [-0.3, -0.25) is 4.98 Å². The number of fused-ring (bicyclic) bond motifs is 1. The molecule has 2 atom stereocenters. The van der Waals surface area contributed by atoms with E-state index in [1.54, 1.807) is 14.2 Å². The van der Waals surface area contributed by atoms with Crippen LogP contribution in [0.15, 0.2) is 55.0 Å². The lowest BCUT2D eigenvalue weighted by atomic mass is 10.1. The topological polar surface area (TPSA) is 77.8 Å². The fourth-order valence-electron chi connectivity index (χ4n) is 5.64. The first-order chi connectivity index (χ1) is 20.1. The lowest BCUT2D eigenvalue weighted by Crippen LogP contribution is -2.31. The third kappa shape index (κ3) is 5.99. The molecule has 9 nitrogen and oxygen atoms in total. The molecule has 0 bridgehead atoms. The maximum Gasteiger partial charge on any atom is 0.150 e. The second kappa shape index (κ2) is 12.2. The first-order valence-corrected chi connectivity index (χ1v) is 14.3. The molecule has 9 heteroatoms. The molecule has 41 heavy (non-hydrogen) atoms. The minimum absolute atomic E-state index is 0.0162. The number of nitrogens with zero attached hydrogens (tertiary/aromatic N) is 6. The first-order valence-electron chi connectivity index (χ1n) is 14.3. The van der Waals surface area contributed by atoms with E-state index >= 15 is 0 Å². The Kier molecular flexibility index (Phi) is 8.03. The van der Waals surface area contributed by atoms with Gasteiger partial charge in [0.25, 0.3) is 0 Å². The van der Waals surface area contributed by atoms with Crippen LogP contribution < -0.4 is 14.4 Å². The van der Waals surface area contributed by atoms with Gasteiger partial charge in [-0.15, -0.1) is 12.3 Å². The second-order valence-electron chi connectivity index (χ2n) is 10.6. The zero-order chi connectivity index (χ0) is 28.2. The van der Waals surface area contributed by atoms with E-state index in [1.807, 2.05) is 47.5 Å². The van der Waals surface area contributed by atoms with Crippen LogP contribution in [-0.2, 0) is 4.74 Å². The van der Waals surface area contributed by atoms with Crippen molar-refractivity contribution in [3.05, 3.63) is 55.0 Å². The molecular weight excluding hydrogens is 516 g/mol. The summed E-state index contributed by atoms with van der Waals surface area (Å²) in [5, 5.41) is 4.56. The number of anilines is 2. The molecule has 0 aliphatic carbocycles. The highest BCUT2D eigenvalue weighted by atomic mass is 16.5. The molecule has 4 heterocycles. The second-order valence-corrected chi connectivity index (χ2v) is 10.6. The number of benzene rings is 2. The van der Waals surface area contributed by atoms with Crippen molar-refractivity contribution in [2.75, 3.05) is 51.9 Å². The molecule has 0 amide bonds. The highest BCUT2D eigenvalue weighted by Gasteiger charge is 2.22. The maximum atomic E-state index is 5.90. The van der Waals surface area contributed by atoms with Gasteiger partial charge in [0.15, 0.2) is 0 Å². The molecule has 2 saturated heterocycles. The van der Waals surface area contributed by atoms with Crippen molar-refractivity contribution in [3.8, 4) is 35.1 Å². The summed E-state index contributed by atoms with van der Waals surface area (Å²) in [6.07, 6.45) is 15.6. The van der Waals surface area contributed by atoms with Gasteiger partial charge in [0.2, 0.25) is 0 Å². The molecular formula is C32H36N6O3. The number of hydrogen-bond acceptors (Lipinski definition) is 8. The Morgan fingerprint density at radius 2 is 1.88 bits per heavy atom. The molecule has 1 unspecified atom stereocenters. The van der Waals surface area contributed by atoms with E-state index in [0.29, 0.717) is 5.92 Å². The monoisotopic (exact) mass is 552 g/mol. The van der Waals surface area contributed by atoms with Crippen molar-refractivity contribution in [1.82, 2.24) is 24.6 Å². The minimum atomic E-state index is -0.0162. The number of hydrogen-bond donors (Lipinski definition) is 0. The van der Waals surface area contributed by atoms with E-state index in [1.165, 1.54) is 0 Å². The summed E-state index contributed by atoms with van der Waals surface area (Å²) in [7, 11) is 3.34. The van der Waals surface area contributed by atoms with Crippen molar-refractivity contribution in [2.24, 2.45) is 5.92 Å². The molecule has 2 aliphatic rings. The quantitative estimate of drug-likeness (QED) is 0.259. The molecule has 6 rings (SSSR count). The average molecular weight is 553 g/mol. The van der Waals surface area contributed by atoms with E-state index in [0.717, 1.165) is 104 Å². The van der Waals surface area contributed by atoms with E-state index in [2.05, 4.69) is 33.0 Å². The molecule has 0 N–H and O–H groups in total. The predicted molar refractivity (Wildman–Crippen MR) is 160 cm³/mol. The maximum absolute atomic E-state index is 5.90. The van der Waals surface area contributed by atoms with Gasteiger partial charge in [-0.25, -0.2) is 9.67 Å². The van der Waals surface area contributed by atoms with Crippen molar-refractivity contribution >= 4 is 22.4 Å². The van der Waals surface area contributed by atoms with Gasteiger partial charge in [-0.05, 0) is 50.4 Å². The fourth-order valence-corrected chi connectivity index (χ4v) is 5.64. The van der Waals surface area contributed by atoms with Crippen molar-refractivity contribution in [1.29, 1.82) is 0 Å². The number of ether oxygens (including phenoxy) is 3. The molecule has 0 saturated carbocycles. The Morgan fingerprint density at radius 1 is 1.02 bits per heavy atom. The summed E-state index contributed by atoms with van der Waals surface area (Å²) in [5.41, 5.74) is 5.34. The van der Waals surface area contributed by atoms with Crippen LogP contribution in [0, 0.1) is 18.3 Å². The van der Waals surface area contributed by atoms with Gasteiger partial charge in [0, 0.05) is 73.5 Å². The summed E-state index contributed by atoms with van der Waals surface area (Å²) in [6.45, 7) is 4.36. The fraction of sp³-hybridized carbons (Fsp3) is 0.406. The Hall–Kier alpha value is -4.13. The molecule has 212 valence electrons. The molecule has 2 aromatic carbocycles. The largest absolute Gasteiger partial charge is 0.497 e. The van der Waals surface area contributed by atoms with Crippen molar-refractivity contribution < 1.29 is 14.2 Å². The molecule has 0 spiro atoms. The summed E-state index contributed by atoms with van der Waals surface area (Å²) in [6, 6.07) is 12.2. The first kappa shape index (κ1) is 27.1. The van der Waals surface area contributed by atoms with Crippen LogP contribution in [0.4, 0.5) is 11.4 Å². The van der Waals surface area contributed by atoms with Gasteiger partial charge in [-0.1, -0.05) is 0 Å². The van der Waals surface area contributed by atoms with Gasteiger partial charge >= 0.3 is 0 Å². The normalized spacial score (nSPS) is 19.2. The van der Waals surface area contributed by atoms with Crippen LogP contribution in [0.25, 0.3) is 22.3 Å². The van der Waals surface area contributed by atoms with E-state index in [-0.39, 0.29) is 6.23 Å². The predicted octanol–water partition coefficient (Wildman–Crippen LogP) is 5.30. The number of likely N-dealkylation sites (tertiary alicyclic amines) is 1. The average Bonchev–Trinajstić information content (AvgIpc) is 3.71. The van der Waals surface area contributed by atoms with Gasteiger partial charge in [0.05, 0.1) is 43.3 Å². The van der Waals surface area contributed by atoms with Crippen LogP contribution >= 0.6 is 0 Å². The lowest BCUT2D eigenvalue weighted by Gasteiger charge is -2.28. The van der Waals surface area contributed by atoms with Crippen LogP contribution in [0.1, 0.15) is 31.9 Å². The lowest BCUT2D eigenvalue weighted by molar-refractivity contribution is -0.0394. The third-order valence-corrected chi connectivity index (χ3v) is 7.98. The third-order valence-electron chi connectivity index (χ3n) is 7.98. The molecule has 2 aromatic heterocycles. The standard InChI is InChI=1S/C32H36N6O3/c1-4-23-10-11-36(21-23)12-13-37(26-15-27(39-2)18-28(16-26)40-3)25-8-9-29-30(17-25)35-31(20-33-29)24-19-34-38(22-24)32-7-5-6-14-41-32/h1,8-9,15-20,22-23,32H,5-7,10-14,21H2,2-3H3/t23-,32?/m0/s1. The van der Waals surface area contributed by atoms with Gasteiger partial charge in [0.1, 0.15) is 17.7 Å². The summed E-state index contributed by atoms with van der Waals surface area (Å²) in [4.78, 5) is 14.4. The Labute approximate surface area is 241 Å². The Morgan fingerprint density at radius 3 is 2.61 bits per heavy atom. The summed E-state index contributed by atoms with van der Waals surface area (Å²) in [5.74, 6) is 4.71. The molecule has 4 aromatic rings. The number of aromatic nitrogens is 4. The zero-order valence-corrected chi connectivity index (χ0v) is 23.7. The summed E-state index contributed by atoms with van der Waals surface area (Å²) >= 11 is 0. The van der Waals surface area contributed by atoms with E-state index in [4.69, 9.17) is 30.6 Å². The van der Waals surface area contributed by atoms with Crippen LogP contribution in [-0.4, -0.2) is 71.7 Å². The van der Waals surface area contributed by atoms with Gasteiger partial charge < -0.3 is 24.0 Å². The number of rotatable bonds is 9. The SMILES string of the molecule is C#C[C@H]1CCN(CCN(c2cc(OC)cc(OC)c2)c2ccc3ncc(-c4cnn(C5CCCCO5)c4)nc3c2)C1. The van der Waals surface area contributed by atoms with E-state index < -0.39 is 0 Å². The van der Waals surface area contributed by atoms with E-state index in [9.17, 15) is 0 Å². The van der Waals surface area contributed by atoms with Crippen LogP contribution in [0.5, 0.6) is 11.5 Å². The number of terminal acetylenes is 1. The smallest absolute Gasteiger partial charge is 0.150 e. The highest BCUT2D eigenvalue weighted by molar-refractivity contribution is 5.82. The minimum Gasteiger partial charge on any atom is -0.497 e. The Bertz CT molecular complexity index is 1520. The molecule has 2 fully saturated rings. The molecule has 0 radical (unpaired) electrons. The van der Waals surface area contributed by atoms with Crippen LogP contribution in [0.2, 0.25) is 0 Å².